The Labute approximate surface area is 111 Å². The maximum Gasteiger partial charge on any atom is 0.279 e. The quantitative estimate of drug-likeness (QED) is 0.808. The van der Waals surface area contributed by atoms with E-state index >= 15 is 0 Å². The number of hydrogen-bond donors (Lipinski definition) is 2. The Morgan fingerprint density at radius 3 is 2.78 bits per heavy atom. The van der Waals surface area contributed by atoms with Crippen molar-refractivity contribution in [3.8, 4) is 0 Å². The van der Waals surface area contributed by atoms with Crippen LogP contribution in [0, 0.1) is 5.92 Å². The van der Waals surface area contributed by atoms with Crippen LogP contribution in [-0.2, 0) is 16.8 Å². The van der Waals surface area contributed by atoms with Crippen LogP contribution < -0.4 is 10.5 Å². The molecule has 6 nitrogen and oxygen atoms in total. The molecule has 0 unspecified atom stereocenters. The van der Waals surface area contributed by atoms with Crippen molar-refractivity contribution in [2.75, 3.05) is 19.6 Å². The van der Waals surface area contributed by atoms with Gasteiger partial charge in [-0.1, -0.05) is 0 Å². The molecule has 8 heteroatoms. The van der Waals surface area contributed by atoms with Gasteiger partial charge in [-0.2, -0.15) is 17.4 Å². The molecule has 1 saturated heterocycles. The molecule has 2 rings (SSSR count). The third-order valence-corrected chi connectivity index (χ3v) is 5.36. The second-order valence-electron chi connectivity index (χ2n) is 4.38. The smallest absolute Gasteiger partial charge is 0.279 e. The molecule has 0 bridgehead atoms. The predicted molar refractivity (Wildman–Crippen MR) is 71.2 cm³/mol. The summed E-state index contributed by atoms with van der Waals surface area (Å²) in [6.07, 6.45) is 1.68. The topological polar surface area (TPSA) is 88.3 Å². The Bertz CT molecular complexity index is 452. The molecule has 102 valence electrons. The summed E-state index contributed by atoms with van der Waals surface area (Å²) in [5, 5.41) is 1.84. The molecule has 0 saturated carbocycles. The lowest BCUT2D eigenvalue weighted by molar-refractivity contribution is 0.275. The summed E-state index contributed by atoms with van der Waals surface area (Å²) in [4.78, 5) is 4.05. The van der Waals surface area contributed by atoms with Crippen LogP contribution in [0.1, 0.15) is 18.5 Å². The normalized spacial score (nSPS) is 19.2. The second-order valence-corrected chi connectivity index (χ2v) is 6.86. The lowest BCUT2D eigenvalue weighted by atomic mass is 9.99. The van der Waals surface area contributed by atoms with Crippen molar-refractivity contribution in [2.24, 2.45) is 11.7 Å². The van der Waals surface area contributed by atoms with Gasteiger partial charge in [-0.15, -0.1) is 11.3 Å². The average Bonchev–Trinajstić information content (AvgIpc) is 2.90. The number of nitrogens with one attached hydrogen (secondary N) is 1. The Kier molecular flexibility index (Phi) is 4.68. The third-order valence-electron chi connectivity index (χ3n) is 3.17. The first-order chi connectivity index (χ1) is 8.62. The Hall–Kier alpha value is -0.540. The summed E-state index contributed by atoms with van der Waals surface area (Å²) < 4.78 is 28.1. The van der Waals surface area contributed by atoms with Gasteiger partial charge in [0, 0.05) is 18.5 Å². The highest BCUT2D eigenvalue weighted by Crippen LogP contribution is 2.17. The summed E-state index contributed by atoms with van der Waals surface area (Å²) >= 11 is 1.46. The summed E-state index contributed by atoms with van der Waals surface area (Å²) in [6.45, 7) is 1.99. The van der Waals surface area contributed by atoms with Crippen LogP contribution >= 0.6 is 11.3 Å². The number of nitrogens with zero attached hydrogens (tertiary/aromatic N) is 2. The van der Waals surface area contributed by atoms with Gasteiger partial charge in [0.1, 0.15) is 0 Å². The van der Waals surface area contributed by atoms with Crippen LogP contribution in [0.4, 0.5) is 0 Å². The molecule has 0 atom stereocenters. The van der Waals surface area contributed by atoms with E-state index in [4.69, 9.17) is 5.73 Å². The van der Waals surface area contributed by atoms with E-state index in [2.05, 4.69) is 9.71 Å². The van der Waals surface area contributed by atoms with Crippen molar-refractivity contribution >= 4 is 21.5 Å². The van der Waals surface area contributed by atoms with E-state index in [1.807, 2.05) is 5.38 Å². The minimum Gasteiger partial charge on any atom is -0.330 e. The van der Waals surface area contributed by atoms with Gasteiger partial charge >= 0.3 is 0 Å². The second kappa shape index (κ2) is 6.07. The van der Waals surface area contributed by atoms with E-state index < -0.39 is 10.2 Å². The molecular weight excluding hydrogens is 272 g/mol. The number of aromatic nitrogens is 1. The summed E-state index contributed by atoms with van der Waals surface area (Å²) in [5.41, 5.74) is 8.03. The minimum atomic E-state index is -3.38. The molecule has 0 aromatic carbocycles. The lowest BCUT2D eigenvalue weighted by Crippen LogP contribution is -2.45. The van der Waals surface area contributed by atoms with Gasteiger partial charge in [0.15, 0.2) is 0 Å². The van der Waals surface area contributed by atoms with Gasteiger partial charge in [-0.05, 0) is 25.3 Å². The molecule has 1 aromatic rings. The van der Waals surface area contributed by atoms with Gasteiger partial charge in [-0.25, -0.2) is 4.98 Å². The third kappa shape index (κ3) is 3.48. The Balaban J connectivity index is 1.87. The van der Waals surface area contributed by atoms with Crippen LogP contribution in [0.3, 0.4) is 0 Å². The van der Waals surface area contributed by atoms with Crippen molar-refractivity contribution in [3.05, 3.63) is 16.6 Å². The highest BCUT2D eigenvalue weighted by Gasteiger charge is 2.27. The summed E-state index contributed by atoms with van der Waals surface area (Å²) in [6, 6.07) is 0. The summed E-state index contributed by atoms with van der Waals surface area (Å²) in [7, 11) is -3.38. The van der Waals surface area contributed by atoms with Gasteiger partial charge in [-0.3, -0.25) is 0 Å². The van der Waals surface area contributed by atoms with Crippen LogP contribution in [0.2, 0.25) is 0 Å². The fraction of sp³-hybridized carbons (Fsp3) is 0.700. The molecule has 3 N–H and O–H groups in total. The maximum atomic E-state index is 12.0. The largest absolute Gasteiger partial charge is 0.330 e. The zero-order valence-corrected chi connectivity index (χ0v) is 11.7. The average molecular weight is 290 g/mol. The molecule has 1 aliphatic heterocycles. The number of rotatable bonds is 5. The van der Waals surface area contributed by atoms with Crippen LogP contribution in [0.5, 0.6) is 0 Å². The summed E-state index contributed by atoms with van der Waals surface area (Å²) in [5.74, 6) is 0.454. The van der Waals surface area contributed by atoms with Crippen molar-refractivity contribution in [2.45, 2.75) is 19.4 Å². The van der Waals surface area contributed by atoms with Crippen molar-refractivity contribution in [3.63, 3.8) is 0 Å². The number of hydrogen-bond acceptors (Lipinski definition) is 5. The zero-order chi connectivity index (χ0) is 13.0. The van der Waals surface area contributed by atoms with Gasteiger partial charge in [0.25, 0.3) is 10.2 Å². The molecule has 0 aliphatic carbocycles. The van der Waals surface area contributed by atoms with Gasteiger partial charge in [0.05, 0.1) is 17.7 Å². The Morgan fingerprint density at radius 2 is 2.22 bits per heavy atom. The van der Waals surface area contributed by atoms with Crippen LogP contribution in [-0.4, -0.2) is 37.3 Å². The highest BCUT2D eigenvalue weighted by molar-refractivity contribution is 7.87. The molecule has 0 amide bonds. The molecule has 18 heavy (non-hydrogen) atoms. The first-order valence-electron chi connectivity index (χ1n) is 5.93. The molecule has 2 heterocycles. The zero-order valence-electron chi connectivity index (χ0n) is 10.1. The van der Waals surface area contributed by atoms with E-state index in [1.54, 1.807) is 5.51 Å². The SMILES string of the molecule is NCC1CCN(S(=O)(=O)NCc2cscn2)CC1. The van der Waals surface area contributed by atoms with Crippen molar-refractivity contribution in [1.29, 1.82) is 0 Å². The van der Waals surface area contributed by atoms with E-state index in [0.29, 0.717) is 25.6 Å². The number of nitrogens with two attached hydrogens (primary N) is 1. The van der Waals surface area contributed by atoms with E-state index in [1.165, 1.54) is 15.6 Å². The molecular formula is C10H18N4O2S2. The molecule has 1 fully saturated rings. The van der Waals surface area contributed by atoms with Crippen molar-refractivity contribution < 1.29 is 8.42 Å². The lowest BCUT2D eigenvalue weighted by Gasteiger charge is -2.30. The molecule has 0 spiro atoms. The number of thiazole rings is 1. The van der Waals surface area contributed by atoms with Crippen LogP contribution in [0.15, 0.2) is 10.9 Å². The maximum absolute atomic E-state index is 12.0. The monoisotopic (exact) mass is 290 g/mol. The fourth-order valence-electron chi connectivity index (χ4n) is 1.97. The van der Waals surface area contributed by atoms with Gasteiger partial charge < -0.3 is 5.73 Å². The Morgan fingerprint density at radius 1 is 1.50 bits per heavy atom. The van der Waals surface area contributed by atoms with E-state index in [-0.39, 0.29) is 6.54 Å². The standard InChI is InChI=1S/C10H18N4O2S2/c11-5-9-1-3-14(4-2-9)18(15,16)13-6-10-7-17-8-12-10/h7-9,13H,1-6,11H2. The van der Waals surface area contributed by atoms with Crippen LogP contribution in [0.25, 0.3) is 0 Å². The molecule has 1 aliphatic rings. The van der Waals surface area contributed by atoms with E-state index in [9.17, 15) is 8.42 Å². The first-order valence-corrected chi connectivity index (χ1v) is 8.32. The first kappa shape index (κ1) is 13.9. The fourth-order valence-corrected chi connectivity index (χ4v) is 3.73. The number of piperidine rings is 1. The molecule has 0 radical (unpaired) electrons. The predicted octanol–water partition coefficient (Wildman–Crippen LogP) is 0.148. The van der Waals surface area contributed by atoms with Gasteiger partial charge in [0.2, 0.25) is 0 Å². The minimum absolute atomic E-state index is 0.253. The van der Waals surface area contributed by atoms with Crippen molar-refractivity contribution in [1.82, 2.24) is 14.0 Å². The molecule has 1 aromatic heterocycles. The van der Waals surface area contributed by atoms with E-state index in [0.717, 1.165) is 18.5 Å². The highest BCUT2D eigenvalue weighted by atomic mass is 32.2.